The summed E-state index contributed by atoms with van der Waals surface area (Å²) in [6.07, 6.45) is 3.86. The van der Waals surface area contributed by atoms with Crippen LogP contribution in [0.4, 0.5) is 5.69 Å². The molecule has 1 N–H and O–H groups in total. The number of carbonyl (C=O) groups excluding carboxylic acids is 1. The zero-order valence-electron chi connectivity index (χ0n) is 14.3. The molecule has 3 aromatic heterocycles. The van der Waals surface area contributed by atoms with Gasteiger partial charge < -0.3 is 9.84 Å². The molecule has 0 aliphatic carbocycles. The highest BCUT2D eigenvalue weighted by Gasteiger charge is 2.17. The normalized spacial score (nSPS) is 11.5. The number of hydrogen-bond acceptors (Lipinski definition) is 7. The fraction of sp³-hybridized carbons (Fsp3) is 0.353. The maximum absolute atomic E-state index is 12.0. The molecule has 25 heavy (non-hydrogen) atoms. The summed E-state index contributed by atoms with van der Waals surface area (Å²) in [5, 5.41) is 8.65. The van der Waals surface area contributed by atoms with Crippen molar-refractivity contribution in [1.29, 1.82) is 0 Å². The highest BCUT2D eigenvalue weighted by molar-refractivity contribution is 7.13. The van der Waals surface area contributed by atoms with E-state index < -0.39 is 0 Å². The minimum absolute atomic E-state index is 0.124. The van der Waals surface area contributed by atoms with E-state index in [-0.39, 0.29) is 17.7 Å². The summed E-state index contributed by atoms with van der Waals surface area (Å²) in [6, 6.07) is 3.85. The average molecular weight is 357 g/mol. The van der Waals surface area contributed by atoms with Crippen LogP contribution >= 0.6 is 11.3 Å². The second-order valence-corrected chi connectivity index (χ2v) is 7.53. The second-order valence-electron chi connectivity index (χ2n) is 6.58. The number of aryl methyl sites for hydroxylation is 1. The Bertz CT molecular complexity index is 835. The predicted octanol–water partition coefficient (Wildman–Crippen LogP) is 3.46. The lowest BCUT2D eigenvalue weighted by molar-refractivity contribution is -0.116. The zero-order chi connectivity index (χ0) is 17.9. The smallest absolute Gasteiger partial charge is 0.227 e. The zero-order valence-corrected chi connectivity index (χ0v) is 15.1. The quantitative estimate of drug-likeness (QED) is 0.751. The van der Waals surface area contributed by atoms with Crippen molar-refractivity contribution in [3.63, 3.8) is 0 Å². The van der Waals surface area contributed by atoms with Crippen LogP contribution in [0.3, 0.4) is 0 Å². The van der Waals surface area contributed by atoms with Crippen molar-refractivity contribution in [3.8, 4) is 10.7 Å². The molecule has 0 aromatic carbocycles. The van der Waals surface area contributed by atoms with Crippen LogP contribution in [0, 0.1) is 0 Å². The molecule has 0 aliphatic heterocycles. The fourth-order valence-corrected chi connectivity index (χ4v) is 2.74. The standard InChI is InChI=1S/C17H19N5O2S/c1-17(2,3)16-18-9-11(10-19-16)20-13(23)6-7-14-21-15(22-24-14)12-5-4-8-25-12/h4-5,8-10H,6-7H2,1-3H3,(H,20,23). The minimum Gasteiger partial charge on any atom is -0.339 e. The summed E-state index contributed by atoms with van der Waals surface area (Å²) in [6.45, 7) is 6.11. The number of nitrogens with zero attached hydrogens (tertiary/aromatic N) is 4. The summed E-state index contributed by atoms with van der Waals surface area (Å²) in [5.74, 6) is 1.58. The van der Waals surface area contributed by atoms with Crippen LogP contribution < -0.4 is 5.32 Å². The molecule has 0 bridgehead atoms. The Balaban J connectivity index is 1.53. The van der Waals surface area contributed by atoms with Crippen LogP contribution in [0.25, 0.3) is 10.7 Å². The average Bonchev–Trinajstić information content (AvgIpc) is 3.24. The maximum atomic E-state index is 12.0. The lowest BCUT2D eigenvalue weighted by atomic mass is 9.96. The molecule has 3 rings (SSSR count). The van der Waals surface area contributed by atoms with Crippen LogP contribution in [0.5, 0.6) is 0 Å². The Morgan fingerprint density at radius 1 is 1.28 bits per heavy atom. The molecular weight excluding hydrogens is 338 g/mol. The van der Waals surface area contributed by atoms with Gasteiger partial charge in [0.15, 0.2) is 0 Å². The highest BCUT2D eigenvalue weighted by atomic mass is 32.1. The fourth-order valence-electron chi connectivity index (χ4n) is 2.09. The summed E-state index contributed by atoms with van der Waals surface area (Å²) in [7, 11) is 0. The Kier molecular flexibility index (Phi) is 4.89. The van der Waals surface area contributed by atoms with Crippen molar-refractivity contribution in [2.75, 3.05) is 5.32 Å². The Hall–Kier alpha value is -2.61. The van der Waals surface area contributed by atoms with Crippen LogP contribution in [-0.4, -0.2) is 26.0 Å². The molecular formula is C17H19N5O2S. The highest BCUT2D eigenvalue weighted by Crippen LogP contribution is 2.21. The van der Waals surface area contributed by atoms with Crippen molar-refractivity contribution in [1.82, 2.24) is 20.1 Å². The van der Waals surface area contributed by atoms with Crippen molar-refractivity contribution >= 4 is 22.9 Å². The lowest BCUT2D eigenvalue weighted by Crippen LogP contribution is -2.17. The first-order chi connectivity index (χ1) is 11.9. The maximum Gasteiger partial charge on any atom is 0.227 e. The summed E-state index contributed by atoms with van der Waals surface area (Å²) >= 11 is 1.54. The number of aromatic nitrogens is 4. The van der Waals surface area contributed by atoms with Crippen LogP contribution in [0.1, 0.15) is 38.9 Å². The van der Waals surface area contributed by atoms with Gasteiger partial charge in [0.1, 0.15) is 5.82 Å². The molecule has 7 nitrogen and oxygen atoms in total. The first-order valence-corrected chi connectivity index (χ1v) is 8.78. The van der Waals surface area contributed by atoms with Crippen molar-refractivity contribution in [3.05, 3.63) is 41.6 Å². The van der Waals surface area contributed by atoms with E-state index in [1.165, 1.54) is 0 Å². The van der Waals surface area contributed by atoms with E-state index in [9.17, 15) is 4.79 Å². The molecule has 0 spiro atoms. The van der Waals surface area contributed by atoms with Gasteiger partial charge in [-0.15, -0.1) is 11.3 Å². The van der Waals surface area contributed by atoms with E-state index in [2.05, 4.69) is 25.4 Å². The van der Waals surface area contributed by atoms with Crippen LogP contribution in [0.15, 0.2) is 34.4 Å². The minimum atomic E-state index is -0.150. The van der Waals surface area contributed by atoms with Crippen molar-refractivity contribution in [2.24, 2.45) is 0 Å². The number of amides is 1. The molecule has 8 heteroatoms. The second kappa shape index (κ2) is 7.10. The van der Waals surface area contributed by atoms with Crippen molar-refractivity contribution in [2.45, 2.75) is 39.0 Å². The number of carbonyl (C=O) groups is 1. The van der Waals surface area contributed by atoms with Crippen LogP contribution in [0.2, 0.25) is 0 Å². The monoisotopic (exact) mass is 357 g/mol. The van der Waals surface area contributed by atoms with Gasteiger partial charge in [-0.25, -0.2) is 9.97 Å². The topological polar surface area (TPSA) is 93.8 Å². The van der Waals surface area contributed by atoms with E-state index in [4.69, 9.17) is 4.52 Å². The van der Waals surface area contributed by atoms with E-state index in [1.54, 1.807) is 23.7 Å². The molecule has 0 radical (unpaired) electrons. The summed E-state index contributed by atoms with van der Waals surface area (Å²) < 4.78 is 5.18. The van der Waals surface area contributed by atoms with Gasteiger partial charge in [0.2, 0.25) is 17.6 Å². The van der Waals surface area contributed by atoms with Crippen LogP contribution in [-0.2, 0) is 16.6 Å². The SMILES string of the molecule is CC(C)(C)c1ncc(NC(=O)CCc2nc(-c3cccs3)no2)cn1. The Labute approximate surface area is 149 Å². The number of anilines is 1. The van der Waals surface area contributed by atoms with E-state index in [0.717, 1.165) is 10.7 Å². The first kappa shape index (κ1) is 17.2. The molecule has 0 fully saturated rings. The van der Waals surface area contributed by atoms with E-state index in [0.29, 0.717) is 23.8 Å². The number of nitrogens with one attached hydrogen (secondary N) is 1. The number of rotatable bonds is 5. The van der Waals surface area contributed by atoms with Gasteiger partial charge in [-0.2, -0.15) is 4.98 Å². The van der Waals surface area contributed by atoms with E-state index >= 15 is 0 Å². The summed E-state index contributed by atoms with van der Waals surface area (Å²) in [5.41, 5.74) is 0.448. The van der Waals surface area contributed by atoms with Gasteiger partial charge in [0.25, 0.3) is 0 Å². The van der Waals surface area contributed by atoms with Crippen molar-refractivity contribution < 1.29 is 9.32 Å². The third kappa shape index (κ3) is 4.48. The first-order valence-electron chi connectivity index (χ1n) is 7.90. The molecule has 0 saturated heterocycles. The molecule has 1 amide bonds. The van der Waals surface area contributed by atoms with Gasteiger partial charge in [0, 0.05) is 18.3 Å². The summed E-state index contributed by atoms with van der Waals surface area (Å²) in [4.78, 5) is 25.9. The lowest BCUT2D eigenvalue weighted by Gasteiger charge is -2.16. The largest absolute Gasteiger partial charge is 0.339 e. The molecule has 0 unspecified atom stereocenters. The Morgan fingerprint density at radius 3 is 2.68 bits per heavy atom. The van der Waals surface area contributed by atoms with Gasteiger partial charge in [-0.1, -0.05) is 32.0 Å². The van der Waals surface area contributed by atoms with Gasteiger partial charge in [0.05, 0.1) is 23.0 Å². The van der Waals surface area contributed by atoms with E-state index in [1.807, 2.05) is 38.3 Å². The van der Waals surface area contributed by atoms with Gasteiger partial charge in [-0.05, 0) is 11.4 Å². The molecule has 0 aliphatic rings. The Morgan fingerprint density at radius 2 is 2.04 bits per heavy atom. The third-order valence-electron chi connectivity index (χ3n) is 3.38. The molecule has 0 saturated carbocycles. The number of hydrogen-bond donors (Lipinski definition) is 1. The molecule has 130 valence electrons. The predicted molar refractivity (Wildman–Crippen MR) is 95.3 cm³/mol. The molecule has 3 aromatic rings. The molecule has 3 heterocycles. The molecule has 0 atom stereocenters. The van der Waals surface area contributed by atoms with Gasteiger partial charge >= 0.3 is 0 Å². The van der Waals surface area contributed by atoms with Gasteiger partial charge in [-0.3, -0.25) is 4.79 Å². The third-order valence-corrected chi connectivity index (χ3v) is 4.25. The number of thiophene rings is 1.